The molecule has 108 valence electrons. The Morgan fingerprint density at radius 2 is 2.43 bits per heavy atom. The fraction of sp³-hybridized carbons (Fsp3) is 0.385. The first-order valence-electron chi connectivity index (χ1n) is 6.51. The van der Waals surface area contributed by atoms with Gasteiger partial charge < -0.3 is 9.88 Å². The summed E-state index contributed by atoms with van der Waals surface area (Å²) in [4.78, 5) is 12.0. The van der Waals surface area contributed by atoms with Crippen LogP contribution >= 0.6 is 23.1 Å². The van der Waals surface area contributed by atoms with Crippen molar-refractivity contribution in [1.82, 2.24) is 14.8 Å². The Balaban J connectivity index is 1.60. The Hall–Kier alpha value is -1.85. The van der Waals surface area contributed by atoms with E-state index in [1.165, 1.54) is 23.1 Å². The molecule has 2 heterocycles. The highest BCUT2D eigenvalue weighted by Crippen LogP contribution is 2.38. The van der Waals surface area contributed by atoms with Gasteiger partial charge in [-0.25, -0.2) is 0 Å². The molecular weight excluding hydrogens is 306 g/mol. The number of nitrogens with zero attached hydrogens (tertiary/aromatic N) is 4. The summed E-state index contributed by atoms with van der Waals surface area (Å²) in [6, 6.07) is 4.24. The van der Waals surface area contributed by atoms with E-state index in [-0.39, 0.29) is 11.7 Å². The fourth-order valence-electron chi connectivity index (χ4n) is 1.99. The number of nitriles is 1. The average Bonchev–Trinajstić information content (AvgIpc) is 3.09. The van der Waals surface area contributed by atoms with E-state index in [1.54, 1.807) is 11.4 Å². The monoisotopic (exact) mass is 319 g/mol. The number of nitrogens with one attached hydrogen (secondary N) is 1. The van der Waals surface area contributed by atoms with Gasteiger partial charge >= 0.3 is 0 Å². The zero-order valence-electron chi connectivity index (χ0n) is 11.4. The van der Waals surface area contributed by atoms with Crippen molar-refractivity contribution in [1.29, 1.82) is 5.26 Å². The highest BCUT2D eigenvalue weighted by atomic mass is 32.2. The van der Waals surface area contributed by atoms with Crippen LogP contribution in [0.2, 0.25) is 0 Å². The van der Waals surface area contributed by atoms with Crippen molar-refractivity contribution in [3.63, 3.8) is 0 Å². The van der Waals surface area contributed by atoms with E-state index in [0.29, 0.717) is 16.6 Å². The first kappa shape index (κ1) is 14.1. The van der Waals surface area contributed by atoms with Crippen LogP contribution in [0.3, 0.4) is 0 Å². The van der Waals surface area contributed by atoms with Crippen molar-refractivity contribution in [2.24, 2.45) is 0 Å². The summed E-state index contributed by atoms with van der Waals surface area (Å²) in [7, 11) is 0. The van der Waals surface area contributed by atoms with E-state index < -0.39 is 0 Å². The third-order valence-electron chi connectivity index (χ3n) is 3.12. The van der Waals surface area contributed by atoms with Gasteiger partial charge in [0.1, 0.15) is 16.9 Å². The Morgan fingerprint density at radius 3 is 3.14 bits per heavy atom. The van der Waals surface area contributed by atoms with E-state index in [9.17, 15) is 4.79 Å². The van der Waals surface area contributed by atoms with Crippen LogP contribution in [0.4, 0.5) is 5.00 Å². The normalized spacial score (nSPS) is 13.9. The molecule has 0 atom stereocenters. The Labute approximate surface area is 130 Å². The van der Waals surface area contributed by atoms with Crippen LogP contribution in [-0.4, -0.2) is 26.4 Å². The van der Waals surface area contributed by atoms with Crippen LogP contribution in [0, 0.1) is 18.3 Å². The highest BCUT2D eigenvalue weighted by molar-refractivity contribution is 7.99. The van der Waals surface area contributed by atoms with Gasteiger partial charge in [0, 0.05) is 6.04 Å². The first-order chi connectivity index (χ1) is 10.2. The number of thioether (sulfide) groups is 1. The van der Waals surface area contributed by atoms with Gasteiger partial charge in [-0.1, -0.05) is 11.8 Å². The molecule has 1 saturated carbocycles. The number of thiophene rings is 1. The number of carbonyl (C=O) groups excluding carboxylic acids is 1. The van der Waals surface area contributed by atoms with Crippen molar-refractivity contribution < 1.29 is 4.79 Å². The number of aryl methyl sites for hydroxylation is 1. The zero-order chi connectivity index (χ0) is 14.8. The van der Waals surface area contributed by atoms with Gasteiger partial charge in [-0.05, 0) is 31.2 Å². The number of rotatable bonds is 5. The molecule has 1 fully saturated rings. The van der Waals surface area contributed by atoms with Crippen LogP contribution < -0.4 is 5.32 Å². The molecule has 8 heteroatoms. The summed E-state index contributed by atoms with van der Waals surface area (Å²) in [5, 5.41) is 23.1. The lowest BCUT2D eigenvalue weighted by Crippen LogP contribution is -2.14. The number of hydrogen-bond donors (Lipinski definition) is 1. The van der Waals surface area contributed by atoms with Crippen LogP contribution in [0.5, 0.6) is 0 Å². The molecule has 2 aromatic heterocycles. The van der Waals surface area contributed by atoms with E-state index in [0.717, 1.165) is 23.8 Å². The van der Waals surface area contributed by atoms with Crippen LogP contribution in [-0.2, 0) is 4.79 Å². The lowest BCUT2D eigenvalue weighted by molar-refractivity contribution is -0.113. The zero-order valence-corrected chi connectivity index (χ0v) is 13.0. The van der Waals surface area contributed by atoms with Crippen molar-refractivity contribution in [3.8, 4) is 6.07 Å². The van der Waals surface area contributed by atoms with Gasteiger partial charge in [0.25, 0.3) is 0 Å². The largest absolute Gasteiger partial charge is 0.316 e. The smallest absolute Gasteiger partial charge is 0.235 e. The first-order valence-corrected chi connectivity index (χ1v) is 8.37. The summed E-state index contributed by atoms with van der Waals surface area (Å²) in [5.41, 5.74) is 0.496. The minimum Gasteiger partial charge on any atom is -0.316 e. The number of aromatic nitrogens is 3. The molecular formula is C13H13N5OS2. The molecule has 1 amide bonds. The molecule has 0 bridgehead atoms. The van der Waals surface area contributed by atoms with Gasteiger partial charge in [0.05, 0.1) is 11.3 Å². The van der Waals surface area contributed by atoms with E-state index in [4.69, 9.17) is 5.26 Å². The Morgan fingerprint density at radius 1 is 1.62 bits per heavy atom. The Bertz CT molecular complexity index is 710. The third-order valence-corrected chi connectivity index (χ3v) is 4.89. The van der Waals surface area contributed by atoms with Crippen molar-refractivity contribution in [2.45, 2.75) is 31.0 Å². The summed E-state index contributed by atoms with van der Waals surface area (Å²) >= 11 is 2.73. The minimum absolute atomic E-state index is 0.137. The number of hydrogen-bond acceptors (Lipinski definition) is 6. The molecule has 0 saturated heterocycles. The fourth-order valence-corrected chi connectivity index (χ4v) is 3.59. The van der Waals surface area contributed by atoms with Crippen molar-refractivity contribution >= 4 is 34.0 Å². The van der Waals surface area contributed by atoms with Gasteiger partial charge in [-0.15, -0.1) is 21.5 Å². The predicted molar refractivity (Wildman–Crippen MR) is 81.4 cm³/mol. The maximum absolute atomic E-state index is 12.0. The van der Waals surface area contributed by atoms with Crippen LogP contribution in [0.15, 0.2) is 16.6 Å². The van der Waals surface area contributed by atoms with Gasteiger partial charge in [-0.3, -0.25) is 4.79 Å². The quantitative estimate of drug-likeness (QED) is 0.856. The van der Waals surface area contributed by atoms with E-state index in [1.807, 2.05) is 6.92 Å². The second-order valence-electron chi connectivity index (χ2n) is 4.74. The van der Waals surface area contributed by atoms with Crippen LogP contribution in [0.1, 0.15) is 30.3 Å². The molecule has 1 N–H and O–H groups in total. The second-order valence-corrected chi connectivity index (χ2v) is 6.60. The summed E-state index contributed by atoms with van der Waals surface area (Å²) in [6.07, 6.45) is 2.30. The molecule has 21 heavy (non-hydrogen) atoms. The molecule has 0 radical (unpaired) electrons. The molecule has 1 aliphatic rings. The molecule has 2 aromatic rings. The topological polar surface area (TPSA) is 83.6 Å². The maximum Gasteiger partial charge on any atom is 0.235 e. The third kappa shape index (κ3) is 3.09. The standard InChI is InChI=1S/C13H13N5OS2/c1-8-16-17-13(18(8)10-2-3-10)21-7-11(19)15-12-9(6-14)4-5-20-12/h4-5,10H,2-3,7H2,1H3,(H,15,19). The van der Waals surface area contributed by atoms with E-state index >= 15 is 0 Å². The van der Waals surface area contributed by atoms with Gasteiger partial charge in [0.2, 0.25) is 5.91 Å². The molecule has 1 aliphatic carbocycles. The molecule has 0 aromatic carbocycles. The predicted octanol–water partition coefficient (Wildman–Crippen LogP) is 2.59. The number of carbonyl (C=O) groups is 1. The minimum atomic E-state index is -0.137. The molecule has 0 aliphatic heterocycles. The number of amides is 1. The average molecular weight is 319 g/mol. The highest BCUT2D eigenvalue weighted by Gasteiger charge is 2.28. The summed E-state index contributed by atoms with van der Waals surface area (Å²) in [6.45, 7) is 1.93. The molecule has 6 nitrogen and oxygen atoms in total. The molecule has 3 rings (SSSR count). The molecule has 0 spiro atoms. The lowest BCUT2D eigenvalue weighted by atomic mass is 10.3. The van der Waals surface area contributed by atoms with Gasteiger partial charge in [0.15, 0.2) is 5.16 Å². The van der Waals surface area contributed by atoms with Crippen molar-refractivity contribution in [2.75, 3.05) is 11.1 Å². The van der Waals surface area contributed by atoms with E-state index in [2.05, 4.69) is 26.2 Å². The SMILES string of the molecule is Cc1nnc(SCC(=O)Nc2sccc2C#N)n1C1CC1. The summed E-state index contributed by atoms with van der Waals surface area (Å²) < 4.78 is 2.10. The number of anilines is 1. The second kappa shape index (κ2) is 5.87. The maximum atomic E-state index is 12.0. The van der Waals surface area contributed by atoms with Crippen LogP contribution in [0.25, 0.3) is 0 Å². The Kier molecular flexibility index (Phi) is 3.94. The lowest BCUT2D eigenvalue weighted by Gasteiger charge is -2.06. The van der Waals surface area contributed by atoms with Crippen molar-refractivity contribution in [3.05, 3.63) is 22.8 Å². The molecule has 0 unspecified atom stereocenters. The van der Waals surface area contributed by atoms with Gasteiger partial charge in [-0.2, -0.15) is 5.26 Å². The summed E-state index contributed by atoms with van der Waals surface area (Å²) in [5.74, 6) is 1.01.